The normalized spacial score (nSPS) is 19.3. The van der Waals surface area contributed by atoms with E-state index in [1.54, 1.807) is 15.8 Å². The zero-order valence-electron chi connectivity index (χ0n) is 16.4. The van der Waals surface area contributed by atoms with Crippen LogP contribution in [0.1, 0.15) is 29.5 Å². The lowest BCUT2D eigenvalue weighted by Gasteiger charge is -2.34. The Bertz CT molecular complexity index is 1040. The minimum Gasteiger partial charge on any atom is -0.481 e. The molecule has 0 saturated carbocycles. The number of aromatic nitrogens is 2. The lowest BCUT2D eigenvalue weighted by molar-refractivity contribution is -0.145. The fourth-order valence-electron chi connectivity index (χ4n) is 3.85. The predicted molar refractivity (Wildman–Crippen MR) is 107 cm³/mol. The van der Waals surface area contributed by atoms with Crippen molar-refractivity contribution in [1.29, 1.82) is 0 Å². The van der Waals surface area contributed by atoms with Gasteiger partial charge in [0.2, 0.25) is 0 Å². The van der Waals surface area contributed by atoms with Crippen molar-refractivity contribution >= 4 is 11.9 Å². The van der Waals surface area contributed by atoms with E-state index in [9.17, 15) is 14.7 Å². The topological polar surface area (TPSA) is 88.6 Å². The fraction of sp³-hybridized carbons (Fsp3) is 0.318. The number of para-hydroxylation sites is 1. The van der Waals surface area contributed by atoms with Gasteiger partial charge in [0.1, 0.15) is 11.5 Å². The molecule has 29 heavy (non-hydrogen) atoms. The summed E-state index contributed by atoms with van der Waals surface area (Å²) in [5.74, 6) is -0.209. The van der Waals surface area contributed by atoms with Gasteiger partial charge in [0, 0.05) is 19.3 Å². The second-order valence-electron chi connectivity index (χ2n) is 7.54. The van der Waals surface area contributed by atoms with E-state index in [4.69, 9.17) is 4.42 Å². The van der Waals surface area contributed by atoms with Crippen molar-refractivity contribution in [2.75, 3.05) is 13.1 Å². The maximum Gasteiger partial charge on any atom is 0.306 e. The van der Waals surface area contributed by atoms with E-state index in [0.29, 0.717) is 36.5 Å². The van der Waals surface area contributed by atoms with E-state index in [1.807, 2.05) is 56.3 Å². The first kappa shape index (κ1) is 19.0. The third kappa shape index (κ3) is 3.68. The molecule has 1 aliphatic rings. The number of carbonyl (C=O) groups is 2. The third-order valence-electron chi connectivity index (χ3n) is 5.45. The van der Waals surface area contributed by atoms with Gasteiger partial charge < -0.3 is 14.4 Å². The van der Waals surface area contributed by atoms with Gasteiger partial charge >= 0.3 is 5.97 Å². The minimum absolute atomic E-state index is 0.108. The molecular weight excluding hydrogens is 370 g/mol. The molecular formula is C22H23N3O4. The molecule has 1 aromatic carbocycles. The number of hydrogen-bond acceptors (Lipinski definition) is 4. The number of aliphatic carboxylic acids is 1. The number of carboxylic acids is 1. The van der Waals surface area contributed by atoms with Crippen LogP contribution in [0.5, 0.6) is 0 Å². The Kier molecular flexibility index (Phi) is 4.96. The monoisotopic (exact) mass is 393 g/mol. The number of furan rings is 1. The molecule has 0 spiro atoms. The van der Waals surface area contributed by atoms with Gasteiger partial charge in [-0.15, -0.1) is 0 Å². The maximum absolute atomic E-state index is 13.4. The molecule has 1 amide bonds. The van der Waals surface area contributed by atoms with Crippen LogP contribution in [0.25, 0.3) is 17.1 Å². The molecule has 1 N–H and O–H groups in total. The molecule has 1 saturated heterocycles. The molecule has 0 radical (unpaired) electrons. The van der Waals surface area contributed by atoms with Crippen molar-refractivity contribution in [1.82, 2.24) is 14.7 Å². The Morgan fingerprint density at radius 2 is 1.93 bits per heavy atom. The standard InChI is InChI=1S/C22H23N3O4/c1-14-12-24(11-10-17(14)22(27)28)21(26)18-13-25(16-6-4-3-5-7-16)23-20(18)19-9-8-15(2)29-19/h3-9,13-14,17H,10-12H2,1-2H3,(H,27,28). The average Bonchev–Trinajstić information content (AvgIpc) is 3.34. The second-order valence-corrected chi connectivity index (χ2v) is 7.54. The average molecular weight is 393 g/mol. The molecule has 3 aromatic rings. The zero-order valence-corrected chi connectivity index (χ0v) is 16.4. The SMILES string of the molecule is Cc1ccc(-c2nn(-c3ccccc3)cc2C(=O)N2CCC(C(=O)O)C(C)C2)o1. The highest BCUT2D eigenvalue weighted by Gasteiger charge is 2.34. The second kappa shape index (κ2) is 7.58. The first-order valence-corrected chi connectivity index (χ1v) is 9.68. The molecule has 2 aromatic heterocycles. The molecule has 3 heterocycles. The van der Waals surface area contributed by atoms with Gasteiger partial charge in [-0.05, 0) is 43.5 Å². The lowest BCUT2D eigenvalue weighted by atomic mass is 9.87. The number of amides is 1. The highest BCUT2D eigenvalue weighted by atomic mass is 16.4. The van der Waals surface area contributed by atoms with Crippen LogP contribution in [0, 0.1) is 18.8 Å². The quantitative estimate of drug-likeness (QED) is 0.731. The van der Waals surface area contributed by atoms with E-state index in [1.165, 1.54) is 0 Å². The highest BCUT2D eigenvalue weighted by Crippen LogP contribution is 2.29. The van der Waals surface area contributed by atoms with E-state index in [0.717, 1.165) is 11.4 Å². The summed E-state index contributed by atoms with van der Waals surface area (Å²) >= 11 is 0. The number of piperidine rings is 1. The lowest BCUT2D eigenvalue weighted by Crippen LogP contribution is -2.45. The van der Waals surface area contributed by atoms with Gasteiger partial charge in [0.25, 0.3) is 5.91 Å². The van der Waals surface area contributed by atoms with Crippen LogP contribution >= 0.6 is 0 Å². The first-order valence-electron chi connectivity index (χ1n) is 9.68. The third-order valence-corrected chi connectivity index (χ3v) is 5.45. The summed E-state index contributed by atoms with van der Waals surface area (Å²) in [5.41, 5.74) is 1.78. The van der Waals surface area contributed by atoms with Crippen molar-refractivity contribution in [3.63, 3.8) is 0 Å². The van der Waals surface area contributed by atoms with Crippen LogP contribution < -0.4 is 0 Å². The Labute approximate surface area is 168 Å². The summed E-state index contributed by atoms with van der Waals surface area (Å²) in [7, 11) is 0. The van der Waals surface area contributed by atoms with Crippen LogP contribution in [0.2, 0.25) is 0 Å². The van der Waals surface area contributed by atoms with Gasteiger partial charge in [0.05, 0.1) is 17.2 Å². The summed E-state index contributed by atoms with van der Waals surface area (Å²) in [6.07, 6.45) is 2.17. The minimum atomic E-state index is -0.798. The molecule has 1 aliphatic heterocycles. The summed E-state index contributed by atoms with van der Waals surface area (Å²) in [5, 5.41) is 14.0. The molecule has 1 fully saturated rings. The van der Waals surface area contributed by atoms with Gasteiger partial charge in [-0.2, -0.15) is 5.10 Å². The largest absolute Gasteiger partial charge is 0.481 e. The summed E-state index contributed by atoms with van der Waals surface area (Å²) in [4.78, 5) is 26.5. The predicted octanol–water partition coefficient (Wildman–Crippen LogP) is 3.62. The smallest absolute Gasteiger partial charge is 0.306 e. The Balaban J connectivity index is 1.69. The Morgan fingerprint density at radius 3 is 2.55 bits per heavy atom. The van der Waals surface area contributed by atoms with E-state index in [2.05, 4.69) is 5.10 Å². The molecule has 0 bridgehead atoms. The Morgan fingerprint density at radius 1 is 1.17 bits per heavy atom. The van der Waals surface area contributed by atoms with E-state index >= 15 is 0 Å². The summed E-state index contributed by atoms with van der Waals surface area (Å²) in [6, 6.07) is 13.2. The molecule has 2 atom stereocenters. The van der Waals surface area contributed by atoms with Crippen LogP contribution in [0.4, 0.5) is 0 Å². The number of nitrogens with zero attached hydrogens (tertiary/aromatic N) is 3. The molecule has 150 valence electrons. The molecule has 2 unspecified atom stereocenters. The van der Waals surface area contributed by atoms with Crippen molar-refractivity contribution in [3.05, 3.63) is 60.0 Å². The van der Waals surface area contributed by atoms with Crippen LogP contribution in [-0.4, -0.2) is 44.8 Å². The number of rotatable bonds is 4. The van der Waals surface area contributed by atoms with Crippen LogP contribution in [-0.2, 0) is 4.79 Å². The van der Waals surface area contributed by atoms with Gasteiger partial charge in [-0.25, -0.2) is 4.68 Å². The number of likely N-dealkylation sites (tertiary alicyclic amines) is 1. The van der Waals surface area contributed by atoms with Crippen molar-refractivity contribution in [2.24, 2.45) is 11.8 Å². The number of benzene rings is 1. The summed E-state index contributed by atoms with van der Waals surface area (Å²) in [6.45, 7) is 4.54. The van der Waals surface area contributed by atoms with Crippen molar-refractivity contribution in [3.8, 4) is 17.1 Å². The first-order chi connectivity index (χ1) is 13.9. The number of carbonyl (C=O) groups excluding carboxylic acids is 1. The number of aryl methyl sites for hydroxylation is 1. The maximum atomic E-state index is 13.4. The van der Waals surface area contributed by atoms with Gasteiger partial charge in [-0.3, -0.25) is 9.59 Å². The molecule has 7 nitrogen and oxygen atoms in total. The van der Waals surface area contributed by atoms with Crippen molar-refractivity contribution in [2.45, 2.75) is 20.3 Å². The Hall–Kier alpha value is -3.35. The van der Waals surface area contributed by atoms with Gasteiger partial charge in [-0.1, -0.05) is 25.1 Å². The van der Waals surface area contributed by atoms with Gasteiger partial charge in [0.15, 0.2) is 5.76 Å². The van der Waals surface area contributed by atoms with Crippen LogP contribution in [0.3, 0.4) is 0 Å². The van der Waals surface area contributed by atoms with Crippen molar-refractivity contribution < 1.29 is 19.1 Å². The van der Waals surface area contributed by atoms with Crippen LogP contribution in [0.15, 0.2) is 53.1 Å². The fourth-order valence-corrected chi connectivity index (χ4v) is 3.85. The molecule has 4 rings (SSSR count). The molecule has 0 aliphatic carbocycles. The summed E-state index contributed by atoms with van der Waals surface area (Å²) < 4.78 is 7.42. The van der Waals surface area contributed by atoms with E-state index in [-0.39, 0.29) is 11.8 Å². The number of carboxylic acid groups (broad SMARTS) is 1. The van der Waals surface area contributed by atoms with E-state index < -0.39 is 11.9 Å². The molecule has 7 heteroatoms. The zero-order chi connectivity index (χ0) is 20.5. The highest BCUT2D eigenvalue weighted by molar-refractivity contribution is 5.99. The number of hydrogen-bond donors (Lipinski definition) is 1.